The van der Waals surface area contributed by atoms with Crippen molar-refractivity contribution in [2.75, 3.05) is 19.8 Å². The summed E-state index contributed by atoms with van der Waals surface area (Å²) in [6, 6.07) is 0. The van der Waals surface area contributed by atoms with E-state index in [1.54, 1.807) is 6.92 Å². The second-order valence-electron chi connectivity index (χ2n) is 23.3. The Labute approximate surface area is 396 Å². The Hall–Kier alpha value is -1.96. The van der Waals surface area contributed by atoms with E-state index < -0.39 is 141 Å². The molecule has 4 saturated carbocycles. The summed E-state index contributed by atoms with van der Waals surface area (Å²) in [6.07, 6.45) is -18.5. The fraction of sp³-hybridized carbons (Fsp3) is 0.917. The Balaban J connectivity index is 0.998. The number of hydrogen-bond donors (Lipinski definition) is 12. The summed E-state index contributed by atoms with van der Waals surface area (Å²) < 4.78 is 34.5. The highest BCUT2D eigenvalue weighted by Crippen LogP contribution is 2.76. The second-order valence-corrected chi connectivity index (χ2v) is 23.3. The molecule has 7 fully saturated rings. The zero-order chi connectivity index (χ0) is 49.8. The van der Waals surface area contributed by atoms with Crippen molar-refractivity contribution in [3.05, 3.63) is 11.6 Å². The Bertz CT molecular complexity index is 1900. The Morgan fingerprint density at radius 2 is 1.24 bits per heavy atom. The van der Waals surface area contributed by atoms with Gasteiger partial charge in [0, 0.05) is 0 Å². The van der Waals surface area contributed by atoms with Gasteiger partial charge in [-0.15, -0.1) is 0 Å². The van der Waals surface area contributed by atoms with E-state index in [0.717, 1.165) is 6.42 Å². The molecule has 0 radical (unpaired) electrons. The predicted octanol–water partition coefficient (Wildman–Crippen LogP) is -0.795. The fourth-order valence-corrected chi connectivity index (χ4v) is 14.8. The highest BCUT2D eigenvalue weighted by atomic mass is 16.8. The SMILES string of the molecule is CC1(C)CC[C@]2(C(=O)O[C@@H]3O[C@H](CO[C@@H]4O[C@H](CO)[C@@H](O)[C@H](O[C@@H]5O[C@H](CO)[C@@H](O)[C@H](O)[C@H]5O)[C@H]4O)[C@@H](O)[C@H](O)[C@H]3O)CC[C@]3(C)C(=CC[C@@H]4[C@@]5(C)CC[C@H](O)[C@@](C)(C(=O)O)[C@H]5CC[C@]43C)[C@@H]2C1. The molecule has 8 rings (SSSR count). The van der Waals surface area contributed by atoms with Crippen LogP contribution in [0.2, 0.25) is 0 Å². The summed E-state index contributed by atoms with van der Waals surface area (Å²) >= 11 is 0. The summed E-state index contributed by atoms with van der Waals surface area (Å²) in [5.41, 5.74) is -2.23. The molecule has 20 heteroatoms. The molecule has 24 atom stereocenters. The van der Waals surface area contributed by atoms with E-state index in [1.807, 2.05) is 0 Å². The molecule has 0 spiro atoms. The summed E-state index contributed by atoms with van der Waals surface area (Å²) in [6.45, 7) is 10.7. The largest absolute Gasteiger partial charge is 0.481 e. The Morgan fingerprint density at radius 3 is 1.88 bits per heavy atom. The summed E-state index contributed by atoms with van der Waals surface area (Å²) in [7, 11) is 0. The van der Waals surface area contributed by atoms with Crippen molar-refractivity contribution in [2.24, 2.45) is 50.2 Å². The summed E-state index contributed by atoms with van der Waals surface area (Å²) in [5, 5.41) is 128. The van der Waals surface area contributed by atoms with Crippen molar-refractivity contribution in [3.63, 3.8) is 0 Å². The maximum atomic E-state index is 15.0. The normalized spacial score (nSPS) is 53.4. The first-order valence-corrected chi connectivity index (χ1v) is 24.5. The van der Waals surface area contributed by atoms with E-state index in [4.69, 9.17) is 28.4 Å². The van der Waals surface area contributed by atoms with Gasteiger partial charge in [-0.25, -0.2) is 0 Å². The lowest BCUT2D eigenvalue weighted by Gasteiger charge is -2.71. The lowest BCUT2D eigenvalue weighted by atomic mass is 9.33. The van der Waals surface area contributed by atoms with Crippen molar-refractivity contribution < 1.29 is 99.3 Å². The van der Waals surface area contributed by atoms with Gasteiger partial charge in [-0.2, -0.15) is 0 Å². The number of fused-ring (bicyclic) bond motifs is 7. The number of carboxylic acids is 1. The number of carbonyl (C=O) groups excluding carboxylic acids is 1. The van der Waals surface area contributed by atoms with Gasteiger partial charge >= 0.3 is 11.9 Å². The fourth-order valence-electron chi connectivity index (χ4n) is 14.8. The Morgan fingerprint density at radius 1 is 0.647 bits per heavy atom. The van der Waals surface area contributed by atoms with Crippen LogP contribution in [0, 0.1) is 50.2 Å². The van der Waals surface area contributed by atoms with Crippen LogP contribution in [0.3, 0.4) is 0 Å². The van der Waals surface area contributed by atoms with Crippen LogP contribution in [0.1, 0.15) is 106 Å². The van der Waals surface area contributed by atoms with E-state index in [0.29, 0.717) is 57.8 Å². The second kappa shape index (κ2) is 18.5. The molecule has 0 amide bonds. The number of carboxylic acid groups (broad SMARTS) is 1. The third-order valence-electron chi connectivity index (χ3n) is 19.4. The molecule has 3 aliphatic heterocycles. The number of allylic oxidation sites excluding steroid dienone is 2. The standard InChI is InChI=1S/C48H76O20/c1-43(2)13-15-48(16-14-45(4)21(22(48)17-43)7-8-26-44(3)11-10-28(51)47(6,41(60)61)27(44)9-12-46(26,45)5)42(62)68-40-35(58)33(56)30(53)25(66-40)20-63-38-36(59)37(31(54)24(19-50)64-38)67-39-34(57)32(55)29(52)23(18-49)65-39/h7,22-40,49-59H,8-20H2,1-6H3,(H,60,61)/t22-,23+,24+,25+,26+,27-,28-,29+,30+,31+,32-,33-,34+,35+,36+,37-,38+,39-,40-,44+,45+,46+,47-,48-/m0/s1. The average Bonchev–Trinajstić information content (AvgIpc) is 3.29. The smallest absolute Gasteiger partial charge is 0.315 e. The van der Waals surface area contributed by atoms with Crippen LogP contribution in [0.5, 0.6) is 0 Å². The third-order valence-corrected chi connectivity index (χ3v) is 19.4. The molecule has 3 heterocycles. The quantitative estimate of drug-likeness (QED) is 0.0942. The lowest BCUT2D eigenvalue weighted by molar-refractivity contribution is -0.365. The first kappa shape index (κ1) is 52.4. The van der Waals surface area contributed by atoms with E-state index in [1.165, 1.54) is 5.57 Å². The van der Waals surface area contributed by atoms with Gasteiger partial charge < -0.3 is 89.7 Å². The minimum atomic E-state index is -1.90. The number of hydrogen-bond acceptors (Lipinski definition) is 19. The molecule has 0 aromatic rings. The highest BCUT2D eigenvalue weighted by molar-refractivity contribution is 5.79. The van der Waals surface area contributed by atoms with Gasteiger partial charge in [0.25, 0.3) is 0 Å². The van der Waals surface area contributed by atoms with Gasteiger partial charge in [-0.05, 0) is 111 Å². The summed E-state index contributed by atoms with van der Waals surface area (Å²) in [5.74, 6) is -1.93. The van der Waals surface area contributed by atoms with Crippen molar-refractivity contribution in [2.45, 2.75) is 204 Å². The van der Waals surface area contributed by atoms with Crippen LogP contribution in [-0.2, 0) is 38.0 Å². The maximum absolute atomic E-state index is 15.0. The van der Waals surface area contributed by atoms with E-state index in [-0.39, 0.29) is 39.4 Å². The number of rotatable bonds is 10. The maximum Gasteiger partial charge on any atom is 0.315 e. The van der Waals surface area contributed by atoms with Crippen LogP contribution in [0.4, 0.5) is 0 Å². The molecule has 8 aliphatic rings. The van der Waals surface area contributed by atoms with Crippen molar-refractivity contribution in [3.8, 4) is 0 Å². The molecule has 5 aliphatic carbocycles. The Kier molecular flexibility index (Phi) is 14.3. The van der Waals surface area contributed by atoms with Gasteiger partial charge in [0.2, 0.25) is 6.29 Å². The lowest BCUT2D eigenvalue weighted by Crippen LogP contribution is -2.66. The average molecular weight is 973 g/mol. The molecule has 20 nitrogen and oxygen atoms in total. The van der Waals surface area contributed by atoms with E-state index in [9.17, 15) is 70.9 Å². The van der Waals surface area contributed by atoms with Gasteiger partial charge in [0.1, 0.15) is 73.2 Å². The molecule has 0 unspecified atom stereocenters. The number of aliphatic carboxylic acids is 1. The molecule has 0 aromatic carbocycles. The monoisotopic (exact) mass is 972 g/mol. The molecular weight excluding hydrogens is 897 g/mol. The van der Waals surface area contributed by atoms with Gasteiger partial charge in [0.05, 0.1) is 36.8 Å². The molecule has 3 saturated heterocycles. The van der Waals surface area contributed by atoms with Crippen LogP contribution in [0.15, 0.2) is 11.6 Å². The minimum absolute atomic E-state index is 0.128. The number of ether oxygens (including phenoxy) is 6. The van der Waals surface area contributed by atoms with E-state index in [2.05, 4.69) is 40.7 Å². The number of aliphatic hydroxyl groups is 11. The molecule has 68 heavy (non-hydrogen) atoms. The molecule has 12 N–H and O–H groups in total. The molecule has 0 bridgehead atoms. The molecular formula is C48H76O20. The number of aliphatic hydroxyl groups excluding tert-OH is 11. The van der Waals surface area contributed by atoms with Gasteiger partial charge in [-0.3, -0.25) is 9.59 Å². The van der Waals surface area contributed by atoms with Crippen molar-refractivity contribution in [1.82, 2.24) is 0 Å². The minimum Gasteiger partial charge on any atom is -0.481 e. The zero-order valence-corrected chi connectivity index (χ0v) is 39.9. The summed E-state index contributed by atoms with van der Waals surface area (Å²) in [4.78, 5) is 27.8. The first-order chi connectivity index (χ1) is 31.8. The van der Waals surface area contributed by atoms with Gasteiger partial charge in [-0.1, -0.05) is 46.3 Å². The van der Waals surface area contributed by atoms with Crippen LogP contribution < -0.4 is 0 Å². The van der Waals surface area contributed by atoms with Gasteiger partial charge in [0.15, 0.2) is 12.6 Å². The third kappa shape index (κ3) is 8.03. The van der Waals surface area contributed by atoms with Crippen molar-refractivity contribution >= 4 is 11.9 Å². The zero-order valence-electron chi connectivity index (χ0n) is 39.9. The van der Waals surface area contributed by atoms with Crippen LogP contribution in [0.25, 0.3) is 0 Å². The van der Waals surface area contributed by atoms with Crippen molar-refractivity contribution in [1.29, 1.82) is 0 Å². The topological polar surface area (TPSA) is 332 Å². The van der Waals surface area contributed by atoms with Crippen LogP contribution in [-0.4, -0.2) is 191 Å². The highest BCUT2D eigenvalue weighted by Gasteiger charge is 2.71. The first-order valence-electron chi connectivity index (χ1n) is 24.5. The molecule has 388 valence electrons. The number of esters is 1. The number of carbonyl (C=O) groups is 2. The molecule has 0 aromatic heterocycles. The van der Waals surface area contributed by atoms with Crippen LogP contribution >= 0.6 is 0 Å². The van der Waals surface area contributed by atoms with E-state index >= 15 is 0 Å². The predicted molar refractivity (Wildman–Crippen MR) is 232 cm³/mol.